The van der Waals surface area contributed by atoms with E-state index in [4.69, 9.17) is 11.6 Å². The topological polar surface area (TPSA) is 39.2 Å². The van der Waals surface area contributed by atoms with Crippen molar-refractivity contribution in [1.29, 1.82) is 0 Å². The van der Waals surface area contributed by atoms with Crippen LogP contribution in [0.1, 0.15) is 17.4 Å². The van der Waals surface area contributed by atoms with Gasteiger partial charge >= 0.3 is 5.97 Å². The normalized spacial score (nSPS) is 12.2. The molecule has 0 bridgehead atoms. The fraction of sp³-hybridized carbons (Fsp3) is 0.400. The first-order valence-corrected chi connectivity index (χ1v) is 5.85. The summed E-state index contributed by atoms with van der Waals surface area (Å²) in [6.45, 7) is 2.02. The van der Waals surface area contributed by atoms with Gasteiger partial charge in [0.2, 0.25) is 0 Å². The Kier molecular flexibility index (Phi) is 4.91. The average Bonchev–Trinajstić information content (AvgIpc) is 2.28. The van der Waals surface area contributed by atoms with Crippen LogP contribution in [0, 0.1) is 0 Å². The number of nitrogens with zero attached hydrogens (tertiary/aromatic N) is 1. The summed E-state index contributed by atoms with van der Waals surface area (Å²) >= 11 is 7.31. The number of carbonyl (C=O) groups excluding carboxylic acids is 1. The standard InChI is InChI=1S/C10H12ClNO2S/c1-7(6-11)15-8-3-4-12-9(5-8)10(13)14-2/h3-5,7H,6H2,1-2H3. The van der Waals surface area contributed by atoms with Gasteiger partial charge in [0.25, 0.3) is 0 Å². The first-order chi connectivity index (χ1) is 7.17. The minimum Gasteiger partial charge on any atom is -0.464 e. The van der Waals surface area contributed by atoms with Gasteiger partial charge in [-0.1, -0.05) is 6.92 Å². The van der Waals surface area contributed by atoms with Gasteiger partial charge in [0, 0.05) is 22.2 Å². The maximum Gasteiger partial charge on any atom is 0.356 e. The van der Waals surface area contributed by atoms with Crippen LogP contribution < -0.4 is 0 Å². The van der Waals surface area contributed by atoms with E-state index in [1.165, 1.54) is 7.11 Å². The molecule has 0 fully saturated rings. The van der Waals surface area contributed by atoms with E-state index in [0.29, 0.717) is 16.8 Å². The molecule has 1 rings (SSSR count). The number of hydrogen-bond acceptors (Lipinski definition) is 4. The number of rotatable bonds is 4. The molecule has 5 heteroatoms. The third-order valence-corrected chi connectivity index (χ3v) is 3.42. The molecule has 0 amide bonds. The van der Waals surface area contributed by atoms with Crippen molar-refractivity contribution >= 4 is 29.3 Å². The summed E-state index contributed by atoms with van der Waals surface area (Å²) < 4.78 is 4.59. The van der Waals surface area contributed by atoms with Crippen LogP contribution >= 0.6 is 23.4 Å². The number of thioether (sulfide) groups is 1. The lowest BCUT2D eigenvalue weighted by Crippen LogP contribution is -2.04. The minimum absolute atomic E-state index is 0.305. The molecule has 0 saturated carbocycles. The predicted molar refractivity (Wildman–Crippen MR) is 61.6 cm³/mol. The van der Waals surface area contributed by atoms with Crippen molar-refractivity contribution in [3.05, 3.63) is 24.0 Å². The zero-order chi connectivity index (χ0) is 11.3. The van der Waals surface area contributed by atoms with Crippen LogP contribution in [0.3, 0.4) is 0 Å². The number of alkyl halides is 1. The summed E-state index contributed by atoms with van der Waals surface area (Å²) in [4.78, 5) is 16.1. The summed E-state index contributed by atoms with van der Waals surface area (Å²) in [6, 6.07) is 3.56. The van der Waals surface area contributed by atoms with E-state index < -0.39 is 5.97 Å². The molecule has 1 aromatic heterocycles. The molecule has 82 valence electrons. The molecule has 15 heavy (non-hydrogen) atoms. The van der Waals surface area contributed by atoms with Crippen LogP contribution in [0.25, 0.3) is 0 Å². The third-order valence-electron chi connectivity index (χ3n) is 1.68. The van der Waals surface area contributed by atoms with Gasteiger partial charge in [-0.3, -0.25) is 0 Å². The average molecular weight is 246 g/mol. The van der Waals surface area contributed by atoms with Crippen LogP contribution in [0.15, 0.2) is 23.2 Å². The molecule has 0 aromatic carbocycles. The minimum atomic E-state index is -0.420. The van der Waals surface area contributed by atoms with E-state index >= 15 is 0 Å². The maximum atomic E-state index is 11.2. The molecule has 0 radical (unpaired) electrons. The quantitative estimate of drug-likeness (QED) is 0.464. The molecule has 3 nitrogen and oxygen atoms in total. The van der Waals surface area contributed by atoms with Crippen molar-refractivity contribution in [2.75, 3.05) is 13.0 Å². The second kappa shape index (κ2) is 5.98. The molecule has 0 aliphatic rings. The summed E-state index contributed by atoms with van der Waals surface area (Å²) in [5, 5.41) is 0.305. The zero-order valence-electron chi connectivity index (χ0n) is 8.57. The number of esters is 1. The van der Waals surface area contributed by atoms with Crippen molar-refractivity contribution in [3.8, 4) is 0 Å². The largest absolute Gasteiger partial charge is 0.464 e. The fourth-order valence-corrected chi connectivity index (χ4v) is 2.00. The van der Waals surface area contributed by atoms with Gasteiger partial charge in [-0.2, -0.15) is 0 Å². The smallest absolute Gasteiger partial charge is 0.356 e. The number of ether oxygens (including phenoxy) is 1. The van der Waals surface area contributed by atoms with E-state index in [1.807, 2.05) is 13.0 Å². The van der Waals surface area contributed by atoms with Gasteiger partial charge in [-0.15, -0.1) is 23.4 Å². The molecule has 0 aliphatic carbocycles. The third kappa shape index (κ3) is 3.72. The molecule has 0 aliphatic heterocycles. The van der Waals surface area contributed by atoms with E-state index in [1.54, 1.807) is 24.0 Å². The van der Waals surface area contributed by atoms with Crippen molar-refractivity contribution in [3.63, 3.8) is 0 Å². The van der Waals surface area contributed by atoms with Gasteiger partial charge in [0.15, 0.2) is 0 Å². The van der Waals surface area contributed by atoms with Crippen LogP contribution in [0.5, 0.6) is 0 Å². The van der Waals surface area contributed by atoms with Crippen LogP contribution in [0.2, 0.25) is 0 Å². The highest BCUT2D eigenvalue weighted by Crippen LogP contribution is 2.23. The second-order valence-corrected chi connectivity index (χ2v) is 4.77. The Hall–Kier alpha value is -0.740. The molecular formula is C10H12ClNO2S. The molecule has 1 aromatic rings. The first-order valence-electron chi connectivity index (χ1n) is 4.44. The number of halogens is 1. The Morgan fingerprint density at radius 3 is 3.07 bits per heavy atom. The lowest BCUT2D eigenvalue weighted by atomic mass is 10.3. The van der Waals surface area contributed by atoms with E-state index in [-0.39, 0.29) is 0 Å². The molecular weight excluding hydrogens is 234 g/mol. The van der Waals surface area contributed by atoms with Gasteiger partial charge in [0.05, 0.1) is 7.11 Å². The number of aromatic nitrogens is 1. The monoisotopic (exact) mass is 245 g/mol. The van der Waals surface area contributed by atoms with Gasteiger partial charge < -0.3 is 4.74 Å². The highest BCUT2D eigenvalue weighted by atomic mass is 35.5. The SMILES string of the molecule is COC(=O)c1cc(SC(C)CCl)ccn1. The Balaban J connectivity index is 2.78. The molecule has 1 unspecified atom stereocenters. The lowest BCUT2D eigenvalue weighted by Gasteiger charge is -2.07. The Morgan fingerprint density at radius 1 is 1.73 bits per heavy atom. The van der Waals surface area contributed by atoms with Gasteiger partial charge in [0.1, 0.15) is 5.69 Å². The Labute approximate surface area is 98.2 Å². The van der Waals surface area contributed by atoms with Gasteiger partial charge in [-0.05, 0) is 12.1 Å². The van der Waals surface area contributed by atoms with Crippen LogP contribution in [-0.4, -0.2) is 29.2 Å². The maximum absolute atomic E-state index is 11.2. The summed E-state index contributed by atoms with van der Waals surface area (Å²) in [6.07, 6.45) is 1.59. The predicted octanol–water partition coefficient (Wildman–Crippen LogP) is 2.59. The van der Waals surface area contributed by atoms with Crippen LogP contribution in [0.4, 0.5) is 0 Å². The molecule has 0 saturated heterocycles. The summed E-state index contributed by atoms with van der Waals surface area (Å²) in [7, 11) is 1.34. The summed E-state index contributed by atoms with van der Waals surface area (Å²) in [5.41, 5.74) is 0.323. The van der Waals surface area contributed by atoms with Crippen molar-refractivity contribution in [2.24, 2.45) is 0 Å². The van der Waals surface area contributed by atoms with Crippen molar-refractivity contribution in [1.82, 2.24) is 4.98 Å². The number of pyridine rings is 1. The Morgan fingerprint density at radius 2 is 2.47 bits per heavy atom. The van der Waals surface area contributed by atoms with Crippen molar-refractivity contribution < 1.29 is 9.53 Å². The highest BCUT2D eigenvalue weighted by Gasteiger charge is 2.09. The number of methoxy groups -OCH3 is 1. The molecule has 0 spiro atoms. The Bertz CT molecular complexity index is 346. The van der Waals surface area contributed by atoms with E-state index in [9.17, 15) is 4.79 Å². The number of hydrogen-bond donors (Lipinski definition) is 0. The number of carbonyl (C=O) groups is 1. The highest BCUT2D eigenvalue weighted by molar-refractivity contribution is 8.00. The first kappa shape index (κ1) is 12.3. The van der Waals surface area contributed by atoms with E-state index in [0.717, 1.165) is 4.90 Å². The van der Waals surface area contributed by atoms with Crippen LogP contribution in [-0.2, 0) is 4.74 Å². The van der Waals surface area contributed by atoms with Crippen molar-refractivity contribution in [2.45, 2.75) is 17.1 Å². The van der Waals surface area contributed by atoms with E-state index in [2.05, 4.69) is 9.72 Å². The molecule has 0 N–H and O–H groups in total. The fourth-order valence-electron chi connectivity index (χ4n) is 0.964. The summed E-state index contributed by atoms with van der Waals surface area (Å²) in [5.74, 6) is 0.150. The lowest BCUT2D eigenvalue weighted by molar-refractivity contribution is 0.0593. The van der Waals surface area contributed by atoms with Gasteiger partial charge in [-0.25, -0.2) is 9.78 Å². The molecule has 1 atom stereocenters. The zero-order valence-corrected chi connectivity index (χ0v) is 10.1. The second-order valence-electron chi connectivity index (χ2n) is 2.95. The molecule has 1 heterocycles.